The molecular weight excluding hydrogens is 322 g/mol. The number of carbonyl (C=O) groups is 1. The number of halogens is 1. The van der Waals surface area contributed by atoms with Crippen LogP contribution in [0.25, 0.3) is 0 Å². The van der Waals surface area contributed by atoms with Gasteiger partial charge in [-0.2, -0.15) is 0 Å². The largest absolute Gasteiger partial charge is 0.478 e. The molecule has 0 saturated carbocycles. The maximum absolute atomic E-state index is 12.0. The molecule has 1 aliphatic rings. The lowest BCUT2D eigenvalue weighted by Gasteiger charge is -2.30. The molecule has 1 fully saturated rings. The Labute approximate surface area is 114 Å². The monoisotopic (exact) mass is 333 g/mol. The standard InChI is InChI=1S/C11H12BrNO4S/c12-9-5-3-4-8(11(14)15)10(9)13-6-1-2-7-18(13,16)17/h3-5H,1-2,6-7H2,(H,14,15). The molecule has 1 aromatic rings. The van der Waals surface area contributed by atoms with Crippen molar-refractivity contribution in [1.29, 1.82) is 0 Å². The first-order valence-electron chi connectivity index (χ1n) is 5.46. The molecule has 0 aliphatic carbocycles. The Hall–Kier alpha value is -1.08. The van der Waals surface area contributed by atoms with Crippen LogP contribution >= 0.6 is 15.9 Å². The first-order valence-corrected chi connectivity index (χ1v) is 7.86. The van der Waals surface area contributed by atoms with Gasteiger partial charge in [-0.25, -0.2) is 13.2 Å². The Morgan fingerprint density at radius 1 is 1.33 bits per heavy atom. The summed E-state index contributed by atoms with van der Waals surface area (Å²) in [4.78, 5) is 11.2. The van der Waals surface area contributed by atoms with Crippen LogP contribution < -0.4 is 4.31 Å². The third kappa shape index (κ3) is 2.37. The van der Waals surface area contributed by atoms with Gasteiger partial charge in [-0.1, -0.05) is 6.07 Å². The summed E-state index contributed by atoms with van der Waals surface area (Å²) in [6.45, 7) is 0.325. The minimum Gasteiger partial charge on any atom is -0.478 e. The smallest absolute Gasteiger partial charge is 0.337 e. The average molecular weight is 334 g/mol. The van der Waals surface area contributed by atoms with Crippen molar-refractivity contribution >= 4 is 37.6 Å². The van der Waals surface area contributed by atoms with E-state index in [4.69, 9.17) is 5.11 Å². The van der Waals surface area contributed by atoms with Crippen LogP contribution in [0.5, 0.6) is 0 Å². The average Bonchev–Trinajstić information content (AvgIpc) is 2.29. The molecule has 0 amide bonds. The van der Waals surface area contributed by atoms with Crippen molar-refractivity contribution in [1.82, 2.24) is 0 Å². The third-order valence-corrected chi connectivity index (χ3v) is 5.30. The molecule has 2 rings (SSSR count). The van der Waals surface area contributed by atoms with Crippen LogP contribution in [-0.4, -0.2) is 31.8 Å². The Morgan fingerprint density at radius 2 is 2.06 bits per heavy atom. The summed E-state index contributed by atoms with van der Waals surface area (Å²) < 4.78 is 25.7. The molecule has 1 heterocycles. The van der Waals surface area contributed by atoms with Crippen molar-refractivity contribution in [3.63, 3.8) is 0 Å². The lowest BCUT2D eigenvalue weighted by Crippen LogP contribution is -2.39. The molecule has 18 heavy (non-hydrogen) atoms. The Morgan fingerprint density at radius 3 is 2.67 bits per heavy atom. The van der Waals surface area contributed by atoms with Crippen molar-refractivity contribution in [2.45, 2.75) is 12.8 Å². The summed E-state index contributed by atoms with van der Waals surface area (Å²) in [6, 6.07) is 4.63. The fourth-order valence-electron chi connectivity index (χ4n) is 1.98. The summed E-state index contributed by atoms with van der Waals surface area (Å²) in [5.74, 6) is -1.07. The number of carboxylic acid groups (broad SMARTS) is 1. The number of para-hydroxylation sites is 1. The van der Waals surface area contributed by atoms with Crippen molar-refractivity contribution in [2.24, 2.45) is 0 Å². The molecule has 0 spiro atoms. The molecule has 98 valence electrons. The van der Waals surface area contributed by atoms with E-state index in [9.17, 15) is 13.2 Å². The molecule has 0 aromatic heterocycles. The second-order valence-electron chi connectivity index (χ2n) is 4.04. The van der Waals surface area contributed by atoms with Gasteiger partial charge in [0.1, 0.15) is 0 Å². The zero-order chi connectivity index (χ0) is 13.3. The predicted octanol–water partition coefficient (Wildman–Crippen LogP) is 2.08. The molecule has 1 N–H and O–H groups in total. The molecule has 5 nitrogen and oxygen atoms in total. The first kappa shape index (κ1) is 13.4. The maximum Gasteiger partial charge on any atom is 0.337 e. The van der Waals surface area contributed by atoms with Gasteiger partial charge in [-0.3, -0.25) is 4.31 Å². The van der Waals surface area contributed by atoms with Gasteiger partial charge in [0.25, 0.3) is 0 Å². The number of sulfonamides is 1. The van der Waals surface area contributed by atoms with Crippen molar-refractivity contribution < 1.29 is 18.3 Å². The molecule has 0 atom stereocenters. The summed E-state index contributed by atoms with van der Waals surface area (Å²) in [5.41, 5.74) is 0.222. The normalized spacial score (nSPS) is 18.6. The van der Waals surface area contributed by atoms with Gasteiger partial charge in [0.15, 0.2) is 0 Å². The summed E-state index contributed by atoms with van der Waals surface area (Å²) in [5, 5.41) is 9.15. The van der Waals surface area contributed by atoms with Gasteiger partial charge in [0.05, 0.1) is 17.0 Å². The van der Waals surface area contributed by atoms with E-state index in [1.54, 1.807) is 12.1 Å². The number of nitrogens with zero attached hydrogens (tertiary/aromatic N) is 1. The van der Waals surface area contributed by atoms with Crippen molar-refractivity contribution in [3.8, 4) is 0 Å². The van der Waals surface area contributed by atoms with Crippen LogP contribution in [0.1, 0.15) is 23.2 Å². The SMILES string of the molecule is O=C(O)c1cccc(Br)c1N1CCCCS1(=O)=O. The number of aromatic carboxylic acids is 1. The number of carboxylic acids is 1. The van der Waals surface area contributed by atoms with Crippen LogP contribution in [0.3, 0.4) is 0 Å². The first-order chi connectivity index (χ1) is 8.43. The van der Waals surface area contributed by atoms with E-state index in [1.165, 1.54) is 10.4 Å². The topological polar surface area (TPSA) is 74.7 Å². The molecule has 1 aromatic carbocycles. The Bertz CT molecular complexity index is 585. The number of anilines is 1. The highest BCUT2D eigenvalue weighted by molar-refractivity contribution is 9.10. The Kier molecular flexibility index (Phi) is 3.63. The van der Waals surface area contributed by atoms with E-state index in [-0.39, 0.29) is 17.0 Å². The molecule has 1 aliphatic heterocycles. The van der Waals surface area contributed by atoms with Crippen LogP contribution in [0.4, 0.5) is 5.69 Å². The van der Waals surface area contributed by atoms with E-state index < -0.39 is 16.0 Å². The summed E-state index contributed by atoms with van der Waals surface area (Å²) in [6.07, 6.45) is 1.35. The molecule has 7 heteroatoms. The number of hydrogen-bond acceptors (Lipinski definition) is 3. The molecule has 0 unspecified atom stereocenters. The zero-order valence-electron chi connectivity index (χ0n) is 9.47. The number of hydrogen-bond donors (Lipinski definition) is 1. The van der Waals surface area contributed by atoms with E-state index in [1.807, 2.05) is 0 Å². The van der Waals surface area contributed by atoms with Crippen LogP contribution in [0, 0.1) is 0 Å². The molecule has 0 bridgehead atoms. The predicted molar refractivity (Wildman–Crippen MR) is 71.5 cm³/mol. The lowest BCUT2D eigenvalue weighted by molar-refractivity contribution is 0.0697. The van der Waals surface area contributed by atoms with Gasteiger partial charge >= 0.3 is 5.97 Å². The zero-order valence-corrected chi connectivity index (χ0v) is 11.9. The molecule has 0 radical (unpaired) electrons. The van der Waals surface area contributed by atoms with Crippen LogP contribution in [0.2, 0.25) is 0 Å². The minimum atomic E-state index is -3.42. The highest BCUT2D eigenvalue weighted by Crippen LogP contribution is 2.34. The van der Waals surface area contributed by atoms with E-state index >= 15 is 0 Å². The van der Waals surface area contributed by atoms with Crippen LogP contribution in [0.15, 0.2) is 22.7 Å². The minimum absolute atomic E-state index is 0.00477. The van der Waals surface area contributed by atoms with E-state index in [0.29, 0.717) is 17.4 Å². The maximum atomic E-state index is 12.0. The highest BCUT2D eigenvalue weighted by Gasteiger charge is 2.30. The van der Waals surface area contributed by atoms with E-state index in [2.05, 4.69) is 15.9 Å². The summed E-state index contributed by atoms with van der Waals surface area (Å²) >= 11 is 3.23. The van der Waals surface area contributed by atoms with Gasteiger partial charge in [-0.05, 0) is 40.9 Å². The fraction of sp³-hybridized carbons (Fsp3) is 0.364. The van der Waals surface area contributed by atoms with Crippen molar-refractivity contribution in [2.75, 3.05) is 16.6 Å². The lowest BCUT2D eigenvalue weighted by atomic mass is 10.1. The Balaban J connectivity index is 2.59. The second-order valence-corrected chi connectivity index (χ2v) is 6.90. The third-order valence-electron chi connectivity index (χ3n) is 2.82. The fourth-order valence-corrected chi connectivity index (χ4v) is 4.35. The van der Waals surface area contributed by atoms with Gasteiger partial charge in [0.2, 0.25) is 10.0 Å². The van der Waals surface area contributed by atoms with Crippen LogP contribution in [-0.2, 0) is 10.0 Å². The number of rotatable bonds is 2. The van der Waals surface area contributed by atoms with Gasteiger partial charge < -0.3 is 5.11 Å². The quantitative estimate of drug-likeness (QED) is 0.899. The summed E-state index contributed by atoms with van der Waals surface area (Å²) in [7, 11) is -3.42. The van der Waals surface area contributed by atoms with E-state index in [0.717, 1.165) is 6.42 Å². The molecule has 1 saturated heterocycles. The number of benzene rings is 1. The highest BCUT2D eigenvalue weighted by atomic mass is 79.9. The second kappa shape index (κ2) is 4.89. The molecular formula is C11H12BrNO4S. The van der Waals surface area contributed by atoms with Crippen molar-refractivity contribution in [3.05, 3.63) is 28.2 Å². The van der Waals surface area contributed by atoms with Gasteiger partial charge in [-0.15, -0.1) is 0 Å². The van der Waals surface area contributed by atoms with Gasteiger partial charge in [0, 0.05) is 11.0 Å².